The number of nitrogens with one attached hydrogen (secondary N) is 1. The number of nitrogens with two attached hydrogens (primary N) is 1. The van der Waals surface area contributed by atoms with E-state index in [-0.39, 0.29) is 58.7 Å². The molecule has 0 atom stereocenters. The SMILES string of the molecule is CC(=O)O.COc1cc(C(C)(C)C(=O)CCC(=S)Cc2ccc(F)cc2)ccc1Cl.COc1cc(C(C)(C)C(=O)CN)ccc1Cl.COc1cc(C(C)(C)c2c[nH]c(=S)n2-c2ccc(F)cc2)ccc1Cl.Cl.ClCCl.Fc1ccc(N=C=S)cc1. The van der Waals surface area contributed by atoms with Crippen LogP contribution in [0.4, 0.5) is 18.9 Å². The lowest BCUT2D eigenvalue weighted by Gasteiger charge is -2.27. The normalized spacial score (nSPS) is 10.5. The van der Waals surface area contributed by atoms with Crippen LogP contribution in [0.5, 0.6) is 17.2 Å². The van der Waals surface area contributed by atoms with Gasteiger partial charge in [-0.05, 0) is 183 Å². The van der Waals surface area contributed by atoms with E-state index in [1.165, 1.54) is 48.5 Å². The number of carbonyl (C=O) groups excluding carboxylic acids is 2. The number of aromatic nitrogens is 2. The molecule has 0 aliphatic carbocycles. The molecule has 0 amide bonds. The third-order valence-corrected chi connectivity index (χ3v) is 14.3. The minimum absolute atomic E-state index is 0. The Morgan fingerprint density at radius 2 is 1.04 bits per heavy atom. The molecule has 458 valence electrons. The van der Waals surface area contributed by atoms with Crippen molar-refractivity contribution >= 4 is 140 Å². The fraction of sp³-hybridized carbons (Fsp3) is 0.290. The molecule has 85 heavy (non-hydrogen) atoms. The summed E-state index contributed by atoms with van der Waals surface area (Å²) in [5.74, 6) is 0.163. The van der Waals surface area contributed by atoms with Gasteiger partial charge in [0.2, 0.25) is 0 Å². The Balaban J connectivity index is 0.000000567. The molecule has 0 bridgehead atoms. The number of aliphatic imine (C=N–C) groups is 1. The summed E-state index contributed by atoms with van der Waals surface area (Å²) in [6.07, 6.45) is 3.34. The standard InChI is InChI=1S/C21H22ClFO2S.C19H18ClFN2OS.C12H16ClNO2.C7H4FNS.C2H4O2.CH2Cl2.ClH/c1-21(2,15-6-10-18(22)19(13-15)25-3)20(24)11-9-17(26)12-14-4-7-16(23)8-5-14;1-19(2,12-4-9-15(20)16(10-12)24-3)17-11-22-18(25)23(17)14-7-5-13(21)6-8-14;1-12(2,11(15)7-14)8-4-5-9(13)10(6-8)16-3;8-6-1-3-7(4-2-6)9-5-10;1-2(3)4;2-1-3;/h4-8,10,13H,9,11-12H2,1-3H3;4-11H,1-3H3,(H,22,25);4-6H,7,14H2,1-3H3;1-4H;1H3,(H,3,4);1H2;1H. The zero-order valence-corrected chi connectivity index (χ0v) is 55.3. The van der Waals surface area contributed by atoms with Gasteiger partial charge >= 0.3 is 0 Å². The average Bonchev–Trinajstić information content (AvgIpc) is 2.46. The zero-order valence-electron chi connectivity index (χ0n) is 48.3. The number of alkyl halides is 2. The first-order valence-corrected chi connectivity index (χ1v) is 28.7. The number of thiocarbonyl (C=S) groups is 2. The topological polar surface area (TPSA) is 158 Å². The number of imidazole rings is 1. The van der Waals surface area contributed by atoms with E-state index in [4.69, 9.17) is 112 Å². The maximum Gasteiger partial charge on any atom is 0.300 e. The summed E-state index contributed by atoms with van der Waals surface area (Å²) in [7, 11) is 4.69. The summed E-state index contributed by atoms with van der Waals surface area (Å²) in [6, 6.07) is 34.7. The van der Waals surface area contributed by atoms with Gasteiger partial charge in [-0.25, -0.2) is 13.2 Å². The van der Waals surface area contributed by atoms with Gasteiger partial charge in [0.25, 0.3) is 5.97 Å². The van der Waals surface area contributed by atoms with Gasteiger partial charge < -0.3 is 30.0 Å². The van der Waals surface area contributed by atoms with Crippen LogP contribution in [0.25, 0.3) is 5.69 Å². The molecule has 0 aliphatic heterocycles. The van der Waals surface area contributed by atoms with Crippen LogP contribution in [0.1, 0.15) is 89.3 Å². The largest absolute Gasteiger partial charge is 0.495 e. The molecular weight excluding hydrogens is 1280 g/mol. The van der Waals surface area contributed by atoms with Crippen molar-refractivity contribution in [1.82, 2.24) is 9.55 Å². The predicted octanol–water partition coefficient (Wildman–Crippen LogP) is 18.0. The number of aromatic amines is 1. The first-order chi connectivity index (χ1) is 39.5. The number of carboxylic acid groups (broad SMARTS) is 1. The summed E-state index contributed by atoms with van der Waals surface area (Å²) in [6.45, 7) is 12.7. The molecule has 1 aromatic heterocycles. The number of hydrogen-bond donors (Lipinski definition) is 3. The van der Waals surface area contributed by atoms with Crippen molar-refractivity contribution in [3.8, 4) is 22.9 Å². The Morgan fingerprint density at radius 3 is 1.44 bits per heavy atom. The van der Waals surface area contributed by atoms with E-state index < -0.39 is 16.8 Å². The molecule has 0 radical (unpaired) electrons. The second-order valence-electron chi connectivity index (χ2n) is 19.4. The minimum atomic E-state index is -0.833. The van der Waals surface area contributed by atoms with Gasteiger partial charge in [0.1, 0.15) is 40.5 Å². The quantitative estimate of drug-likeness (QED) is 0.0453. The fourth-order valence-corrected chi connectivity index (χ4v) is 8.82. The highest BCUT2D eigenvalue weighted by Gasteiger charge is 2.32. The summed E-state index contributed by atoms with van der Waals surface area (Å²) in [4.78, 5) is 41.0. The molecule has 7 aromatic rings. The molecule has 0 saturated carbocycles. The van der Waals surface area contributed by atoms with E-state index in [1.54, 1.807) is 69.9 Å². The van der Waals surface area contributed by atoms with E-state index in [2.05, 4.69) is 41.2 Å². The number of ketones is 2. The molecule has 7 rings (SSSR count). The van der Waals surface area contributed by atoms with Crippen molar-refractivity contribution in [3.63, 3.8) is 0 Å². The van der Waals surface area contributed by atoms with Crippen molar-refractivity contribution in [1.29, 1.82) is 0 Å². The second kappa shape index (κ2) is 37.8. The van der Waals surface area contributed by atoms with Crippen LogP contribution in [-0.2, 0) is 37.0 Å². The van der Waals surface area contributed by atoms with Gasteiger partial charge in [0.05, 0.1) is 64.8 Å². The third kappa shape index (κ3) is 24.6. The van der Waals surface area contributed by atoms with Crippen molar-refractivity contribution in [2.75, 3.05) is 33.2 Å². The summed E-state index contributed by atoms with van der Waals surface area (Å²) in [5.41, 5.74) is 9.78. The number of H-pyrrole nitrogens is 1. The number of carbonyl (C=O) groups is 3. The number of nitrogens with zero attached hydrogens (tertiary/aromatic N) is 2. The highest BCUT2D eigenvalue weighted by Crippen LogP contribution is 2.38. The molecular formula is C62H67Cl6F3N4O7S3. The lowest BCUT2D eigenvalue weighted by molar-refractivity contribution is -0.134. The number of benzene rings is 6. The van der Waals surface area contributed by atoms with Gasteiger partial charge in [-0.3, -0.25) is 19.0 Å². The molecule has 0 fully saturated rings. The fourth-order valence-electron chi connectivity index (χ4n) is 7.60. The van der Waals surface area contributed by atoms with E-state index >= 15 is 0 Å². The van der Waals surface area contributed by atoms with Crippen LogP contribution in [0.2, 0.25) is 15.1 Å². The van der Waals surface area contributed by atoms with E-state index in [1.807, 2.05) is 68.8 Å². The van der Waals surface area contributed by atoms with Gasteiger partial charge in [0.15, 0.2) is 10.6 Å². The van der Waals surface area contributed by atoms with Crippen LogP contribution in [0.15, 0.2) is 139 Å². The molecule has 11 nitrogen and oxygen atoms in total. The van der Waals surface area contributed by atoms with Crippen molar-refractivity contribution in [2.24, 2.45) is 10.7 Å². The number of halogens is 9. The second-order valence-corrected chi connectivity index (χ2v) is 22.6. The van der Waals surface area contributed by atoms with Crippen LogP contribution in [0, 0.1) is 22.2 Å². The number of hydrogen-bond acceptors (Lipinski definition) is 11. The lowest BCUT2D eigenvalue weighted by Crippen LogP contribution is -2.34. The van der Waals surface area contributed by atoms with E-state index in [9.17, 15) is 22.8 Å². The first kappa shape index (κ1) is 77.4. The van der Waals surface area contributed by atoms with E-state index in [0.29, 0.717) is 62.0 Å². The van der Waals surface area contributed by atoms with Crippen LogP contribution >= 0.6 is 107 Å². The summed E-state index contributed by atoms with van der Waals surface area (Å²) < 4.78 is 56.6. The highest BCUT2D eigenvalue weighted by atomic mass is 35.5. The predicted molar refractivity (Wildman–Crippen MR) is 352 cm³/mol. The van der Waals surface area contributed by atoms with Crippen LogP contribution < -0.4 is 19.9 Å². The maximum absolute atomic E-state index is 13.3. The Bertz CT molecular complexity index is 3390. The molecule has 6 aromatic carbocycles. The van der Waals surface area contributed by atoms with Crippen molar-refractivity contribution < 1.29 is 46.9 Å². The van der Waals surface area contributed by atoms with Gasteiger partial charge in [-0.15, -0.1) is 35.6 Å². The van der Waals surface area contributed by atoms with Gasteiger partial charge in [-0.2, -0.15) is 4.99 Å². The third-order valence-electron chi connectivity index (χ3n) is 12.6. The van der Waals surface area contributed by atoms with E-state index in [0.717, 1.165) is 45.4 Å². The summed E-state index contributed by atoms with van der Waals surface area (Å²) >= 11 is 42.9. The molecule has 1 heterocycles. The molecule has 0 saturated heterocycles. The lowest BCUT2D eigenvalue weighted by atomic mass is 9.78. The average molecular weight is 1350 g/mol. The Hall–Kier alpha value is -5.66. The maximum atomic E-state index is 13.3. The smallest absolute Gasteiger partial charge is 0.300 e. The highest BCUT2D eigenvalue weighted by molar-refractivity contribution is 7.80. The zero-order chi connectivity index (χ0) is 63.5. The van der Waals surface area contributed by atoms with Crippen molar-refractivity contribution in [2.45, 2.75) is 84.0 Å². The number of rotatable bonds is 17. The molecule has 4 N–H and O–H groups in total. The monoisotopic (exact) mass is 1340 g/mol. The Morgan fingerprint density at radius 1 is 0.659 bits per heavy atom. The van der Waals surface area contributed by atoms with Crippen molar-refractivity contribution in [3.05, 3.63) is 199 Å². The van der Waals surface area contributed by atoms with Gasteiger partial charge in [0, 0.05) is 47.9 Å². The number of carboxylic acids is 1. The van der Waals surface area contributed by atoms with Gasteiger partial charge in [-0.1, -0.05) is 91.2 Å². The Kier molecular flexibility index (Phi) is 34.4. The molecule has 0 unspecified atom stereocenters. The minimum Gasteiger partial charge on any atom is -0.495 e. The van der Waals surface area contributed by atoms with Crippen LogP contribution in [-0.4, -0.2) is 75.4 Å². The van der Waals surface area contributed by atoms with Crippen LogP contribution in [0.3, 0.4) is 0 Å². The summed E-state index contributed by atoms with van der Waals surface area (Å²) in [5, 5.41) is 11.4. The molecule has 0 aliphatic rings. The number of ether oxygens (including phenoxy) is 3. The number of aliphatic carboxylic acids is 1. The molecule has 23 heteroatoms. The number of methoxy groups -OCH3 is 3. The number of isothiocyanates is 1. The number of Topliss-reactive ketones (excluding diaryl/α,β-unsaturated/α-hetero) is 2. The Labute approximate surface area is 542 Å². The molecule has 0 spiro atoms. The first-order valence-electron chi connectivity index (χ1n) is 25.3.